The predicted octanol–water partition coefficient (Wildman–Crippen LogP) is 2.30. The highest BCUT2D eigenvalue weighted by Gasteiger charge is 2.21. The molecule has 2 atom stereocenters. The summed E-state index contributed by atoms with van der Waals surface area (Å²) in [6, 6.07) is 3.62. The second-order valence-corrected chi connectivity index (χ2v) is 8.00. The number of rotatable bonds is 7. The summed E-state index contributed by atoms with van der Waals surface area (Å²) in [6.45, 7) is 8.75. The highest BCUT2D eigenvalue weighted by Crippen LogP contribution is 2.20. The lowest BCUT2D eigenvalue weighted by Crippen LogP contribution is -2.41. The Kier molecular flexibility index (Phi) is 7.24. The molecule has 1 fully saturated rings. The minimum absolute atomic E-state index is 0.0946. The van der Waals surface area contributed by atoms with E-state index < -0.39 is 0 Å². The number of nitrogens with one attached hydrogen (secondary N) is 1. The molecule has 0 saturated carbocycles. The smallest absolute Gasteiger partial charge is 0.264 e. The van der Waals surface area contributed by atoms with Gasteiger partial charge in [-0.15, -0.1) is 11.3 Å². The van der Waals surface area contributed by atoms with Crippen LogP contribution in [0, 0.1) is 11.8 Å². The van der Waals surface area contributed by atoms with E-state index in [0.717, 1.165) is 37.9 Å². The predicted molar refractivity (Wildman–Crippen MR) is 98.3 cm³/mol. The fourth-order valence-corrected chi connectivity index (χ4v) is 4.15. The molecule has 5 nitrogen and oxygen atoms in total. The first-order valence-electron chi connectivity index (χ1n) is 8.73. The Morgan fingerprint density at radius 2 is 2.04 bits per heavy atom. The quantitative estimate of drug-likeness (QED) is 0.767. The fraction of sp³-hybridized carbons (Fsp3) is 0.667. The van der Waals surface area contributed by atoms with E-state index in [9.17, 15) is 9.59 Å². The first-order valence-corrected chi connectivity index (χ1v) is 9.61. The zero-order chi connectivity index (χ0) is 17.5. The molecule has 2 rings (SSSR count). The summed E-state index contributed by atoms with van der Waals surface area (Å²) in [6.07, 6.45) is 2.27. The minimum atomic E-state index is -0.101. The molecule has 24 heavy (non-hydrogen) atoms. The molecule has 1 N–H and O–H groups in total. The van der Waals surface area contributed by atoms with E-state index >= 15 is 0 Å². The van der Waals surface area contributed by atoms with E-state index in [0.29, 0.717) is 11.4 Å². The number of nitrogens with zero attached hydrogens (tertiary/aromatic N) is 2. The molecule has 0 spiro atoms. The molecule has 0 bridgehead atoms. The van der Waals surface area contributed by atoms with Crippen molar-refractivity contribution in [3.63, 3.8) is 0 Å². The maximum atomic E-state index is 12.1. The average Bonchev–Trinajstić information content (AvgIpc) is 3.04. The Morgan fingerprint density at radius 1 is 1.33 bits per heavy atom. The summed E-state index contributed by atoms with van der Waals surface area (Å²) < 4.78 is 0. The average molecular weight is 352 g/mol. The molecule has 0 unspecified atom stereocenters. The number of hydrogen-bond donors (Lipinski definition) is 1. The van der Waals surface area contributed by atoms with Crippen LogP contribution in [0.25, 0.3) is 0 Å². The second-order valence-electron chi connectivity index (χ2n) is 7.05. The van der Waals surface area contributed by atoms with Crippen molar-refractivity contribution in [1.82, 2.24) is 15.1 Å². The number of thiophene rings is 1. The van der Waals surface area contributed by atoms with Gasteiger partial charge in [-0.1, -0.05) is 19.9 Å². The Hall–Kier alpha value is -1.40. The molecular weight excluding hydrogens is 322 g/mol. The first-order chi connectivity index (χ1) is 11.5. The molecule has 2 heterocycles. The van der Waals surface area contributed by atoms with Gasteiger partial charge in [-0.3, -0.25) is 9.59 Å². The Bertz CT molecular complexity index is 522. The zero-order valence-corrected chi connectivity index (χ0v) is 15.8. The van der Waals surface area contributed by atoms with Gasteiger partial charge in [0.1, 0.15) is 0 Å². The van der Waals surface area contributed by atoms with Crippen molar-refractivity contribution in [2.24, 2.45) is 11.8 Å². The molecule has 1 aliphatic rings. The van der Waals surface area contributed by atoms with Gasteiger partial charge in [0.15, 0.2) is 0 Å². The summed E-state index contributed by atoms with van der Waals surface area (Å²) in [5.74, 6) is 1.33. The maximum absolute atomic E-state index is 12.1. The normalized spacial score (nSPS) is 21.5. The maximum Gasteiger partial charge on any atom is 0.264 e. The van der Waals surface area contributed by atoms with Crippen molar-refractivity contribution >= 4 is 23.2 Å². The molecule has 0 radical (unpaired) electrons. The lowest BCUT2D eigenvalue weighted by Gasteiger charge is -2.34. The van der Waals surface area contributed by atoms with Crippen molar-refractivity contribution in [1.29, 1.82) is 0 Å². The van der Waals surface area contributed by atoms with E-state index in [4.69, 9.17) is 0 Å². The van der Waals surface area contributed by atoms with Crippen LogP contribution in [0.3, 0.4) is 0 Å². The second kappa shape index (κ2) is 9.18. The van der Waals surface area contributed by atoms with Crippen LogP contribution in [-0.2, 0) is 4.79 Å². The van der Waals surface area contributed by atoms with E-state index in [1.54, 1.807) is 13.1 Å². The number of carbonyl (C=O) groups is 2. The lowest BCUT2D eigenvalue weighted by atomic mass is 9.92. The van der Waals surface area contributed by atoms with Crippen LogP contribution in [0.15, 0.2) is 17.5 Å². The van der Waals surface area contributed by atoms with Crippen LogP contribution in [-0.4, -0.2) is 61.4 Å². The van der Waals surface area contributed by atoms with Crippen LogP contribution in [0.5, 0.6) is 0 Å². The largest absolute Gasteiger partial charge is 0.355 e. The summed E-state index contributed by atoms with van der Waals surface area (Å²) >= 11 is 1.40. The summed E-state index contributed by atoms with van der Waals surface area (Å²) in [7, 11) is 1.66. The van der Waals surface area contributed by atoms with Crippen LogP contribution < -0.4 is 5.32 Å². The molecular formula is C18H29N3O2S. The molecule has 134 valence electrons. The van der Waals surface area contributed by atoms with Crippen LogP contribution in [0.2, 0.25) is 0 Å². The zero-order valence-electron chi connectivity index (χ0n) is 15.0. The molecule has 2 amide bonds. The number of piperidine rings is 1. The van der Waals surface area contributed by atoms with Crippen molar-refractivity contribution in [2.45, 2.75) is 26.7 Å². The third-order valence-corrected chi connectivity index (χ3v) is 5.24. The lowest BCUT2D eigenvalue weighted by molar-refractivity contribution is -0.121. The minimum Gasteiger partial charge on any atom is -0.355 e. The number of likely N-dealkylation sites (tertiary alicyclic amines) is 1. The van der Waals surface area contributed by atoms with Gasteiger partial charge in [0.2, 0.25) is 5.91 Å². The molecule has 6 heteroatoms. The van der Waals surface area contributed by atoms with Crippen molar-refractivity contribution in [3.8, 4) is 0 Å². The monoisotopic (exact) mass is 351 g/mol. The molecule has 0 aliphatic carbocycles. The van der Waals surface area contributed by atoms with E-state index in [-0.39, 0.29) is 18.4 Å². The van der Waals surface area contributed by atoms with Crippen molar-refractivity contribution < 1.29 is 9.59 Å². The van der Waals surface area contributed by atoms with Gasteiger partial charge in [0, 0.05) is 26.7 Å². The Balaban J connectivity index is 1.62. The third kappa shape index (κ3) is 5.91. The third-order valence-electron chi connectivity index (χ3n) is 4.38. The molecule has 1 saturated heterocycles. The SMILES string of the molecule is C[C@@H]1C[C@@H](C)CN(CCCNC(=O)CN(C)C(=O)c2cccs2)C1. The van der Waals surface area contributed by atoms with Crippen LogP contribution >= 0.6 is 11.3 Å². The topological polar surface area (TPSA) is 52.7 Å². The molecule has 1 aromatic heterocycles. The van der Waals surface area contributed by atoms with Crippen molar-refractivity contribution in [2.75, 3.05) is 39.8 Å². The van der Waals surface area contributed by atoms with E-state index in [1.165, 1.54) is 22.7 Å². The number of carbonyl (C=O) groups excluding carboxylic acids is 2. The van der Waals surface area contributed by atoms with Gasteiger partial charge < -0.3 is 15.1 Å². The van der Waals surface area contributed by atoms with Crippen LogP contribution in [0.4, 0.5) is 0 Å². The Labute approximate surface area is 149 Å². The van der Waals surface area contributed by atoms with Gasteiger partial charge in [0.05, 0.1) is 11.4 Å². The number of hydrogen-bond acceptors (Lipinski definition) is 4. The highest BCUT2D eigenvalue weighted by atomic mass is 32.1. The Morgan fingerprint density at radius 3 is 2.67 bits per heavy atom. The van der Waals surface area contributed by atoms with Gasteiger partial charge in [-0.05, 0) is 42.7 Å². The molecule has 1 aliphatic heterocycles. The van der Waals surface area contributed by atoms with Crippen LogP contribution in [0.1, 0.15) is 36.4 Å². The van der Waals surface area contributed by atoms with Crippen molar-refractivity contribution in [3.05, 3.63) is 22.4 Å². The number of likely N-dealkylation sites (N-methyl/N-ethyl adjacent to an activating group) is 1. The molecule has 1 aromatic rings. The summed E-state index contributed by atoms with van der Waals surface area (Å²) in [5.41, 5.74) is 0. The van der Waals surface area contributed by atoms with Gasteiger partial charge in [-0.2, -0.15) is 0 Å². The van der Waals surface area contributed by atoms with E-state index in [2.05, 4.69) is 24.1 Å². The summed E-state index contributed by atoms with van der Waals surface area (Å²) in [4.78, 5) is 28.7. The van der Waals surface area contributed by atoms with Gasteiger partial charge in [0.25, 0.3) is 5.91 Å². The highest BCUT2D eigenvalue weighted by molar-refractivity contribution is 7.12. The summed E-state index contributed by atoms with van der Waals surface area (Å²) in [5, 5.41) is 4.78. The molecule has 0 aromatic carbocycles. The van der Waals surface area contributed by atoms with Gasteiger partial charge in [-0.25, -0.2) is 0 Å². The first kappa shape index (κ1) is 18.9. The van der Waals surface area contributed by atoms with E-state index in [1.807, 2.05) is 11.4 Å². The number of amides is 2. The standard InChI is InChI=1S/C18H29N3O2S/c1-14-10-15(2)12-21(11-14)8-5-7-19-17(22)13-20(3)18(23)16-6-4-9-24-16/h4,6,9,14-15H,5,7-8,10-13H2,1-3H3,(H,19,22)/t14-,15-/m1/s1. The fourth-order valence-electron chi connectivity index (χ4n) is 3.44. The van der Waals surface area contributed by atoms with Gasteiger partial charge >= 0.3 is 0 Å².